The highest BCUT2D eigenvalue weighted by molar-refractivity contribution is 5.70. The molecule has 5 heteroatoms. The Hall–Kier alpha value is -2.04. The van der Waals surface area contributed by atoms with Crippen LogP contribution < -0.4 is 0 Å². The van der Waals surface area contributed by atoms with Gasteiger partial charge in [0.15, 0.2) is 6.21 Å². The molecule has 1 amide bonds. The zero-order valence-electron chi connectivity index (χ0n) is 15.1. The highest BCUT2D eigenvalue weighted by Gasteiger charge is 2.39. The Morgan fingerprint density at radius 3 is 2.62 bits per heavy atom. The van der Waals surface area contributed by atoms with Crippen LogP contribution in [0.3, 0.4) is 0 Å². The zero-order chi connectivity index (χ0) is 17.8. The first-order valence-corrected chi connectivity index (χ1v) is 8.60. The predicted octanol–water partition coefficient (Wildman–Crippen LogP) is 4.33. The SMILES string of the molecule is CCC1(/C=[N+](\[O-])c2ccccc2)CCCN(C(=O)OC(C)(C)C)C1. The number of hydrogen-bond donors (Lipinski definition) is 0. The first kappa shape index (κ1) is 18.3. The molecule has 24 heavy (non-hydrogen) atoms. The number of amides is 1. The van der Waals surface area contributed by atoms with Crippen LogP contribution in [0.5, 0.6) is 0 Å². The fraction of sp³-hybridized carbons (Fsp3) is 0.579. The van der Waals surface area contributed by atoms with Gasteiger partial charge < -0.3 is 14.8 Å². The number of hydrogen-bond acceptors (Lipinski definition) is 3. The predicted molar refractivity (Wildman–Crippen MR) is 95.6 cm³/mol. The van der Waals surface area contributed by atoms with Crippen molar-refractivity contribution in [1.82, 2.24) is 4.90 Å². The second-order valence-electron chi connectivity index (χ2n) is 7.51. The number of likely N-dealkylation sites (tertiary alicyclic amines) is 1. The normalized spacial score (nSPS) is 22.3. The molecule has 0 N–H and O–H groups in total. The molecule has 0 spiro atoms. The van der Waals surface area contributed by atoms with E-state index in [4.69, 9.17) is 4.74 Å². The van der Waals surface area contributed by atoms with Gasteiger partial charge in [-0.25, -0.2) is 4.79 Å². The molecule has 1 atom stereocenters. The summed E-state index contributed by atoms with van der Waals surface area (Å²) in [7, 11) is 0. The van der Waals surface area contributed by atoms with Crippen LogP contribution in [0, 0.1) is 10.6 Å². The number of benzene rings is 1. The average Bonchev–Trinajstić information content (AvgIpc) is 2.54. The molecule has 2 rings (SSSR count). The summed E-state index contributed by atoms with van der Waals surface area (Å²) in [4.78, 5) is 14.1. The fourth-order valence-corrected chi connectivity index (χ4v) is 3.03. The molecule has 1 aromatic carbocycles. The third kappa shape index (κ3) is 4.73. The van der Waals surface area contributed by atoms with Gasteiger partial charge in [-0.05, 0) is 40.0 Å². The molecule has 0 saturated carbocycles. The summed E-state index contributed by atoms with van der Waals surface area (Å²) in [6.45, 7) is 8.85. The summed E-state index contributed by atoms with van der Waals surface area (Å²) < 4.78 is 6.42. The molecule has 0 aliphatic carbocycles. The van der Waals surface area contributed by atoms with Gasteiger partial charge in [0, 0.05) is 25.2 Å². The van der Waals surface area contributed by atoms with Crippen LogP contribution in [0.2, 0.25) is 0 Å². The second-order valence-corrected chi connectivity index (χ2v) is 7.51. The van der Waals surface area contributed by atoms with E-state index in [1.54, 1.807) is 23.2 Å². The largest absolute Gasteiger partial charge is 0.618 e. The van der Waals surface area contributed by atoms with Crippen molar-refractivity contribution in [2.75, 3.05) is 13.1 Å². The van der Waals surface area contributed by atoms with Gasteiger partial charge in [-0.2, -0.15) is 4.74 Å². The van der Waals surface area contributed by atoms with Crippen molar-refractivity contribution in [2.24, 2.45) is 5.41 Å². The lowest BCUT2D eigenvalue weighted by atomic mass is 9.78. The van der Waals surface area contributed by atoms with E-state index in [2.05, 4.69) is 6.92 Å². The summed E-state index contributed by atoms with van der Waals surface area (Å²) in [6, 6.07) is 9.17. The van der Waals surface area contributed by atoms with Gasteiger partial charge in [-0.3, -0.25) is 0 Å². The molecule has 0 radical (unpaired) electrons. The van der Waals surface area contributed by atoms with Crippen molar-refractivity contribution in [2.45, 2.75) is 52.6 Å². The average molecular weight is 332 g/mol. The lowest BCUT2D eigenvalue weighted by Crippen LogP contribution is -2.49. The summed E-state index contributed by atoms with van der Waals surface area (Å²) in [5.41, 5.74) is -0.214. The molecule has 0 aromatic heterocycles. The molecule has 1 heterocycles. The van der Waals surface area contributed by atoms with Gasteiger partial charge in [0.25, 0.3) is 0 Å². The molecular formula is C19H28N2O3. The lowest BCUT2D eigenvalue weighted by molar-refractivity contribution is -0.360. The Labute approximate surface area is 144 Å². The van der Waals surface area contributed by atoms with E-state index in [1.807, 2.05) is 39.0 Å². The maximum Gasteiger partial charge on any atom is 0.410 e. The number of nitrogens with zero attached hydrogens (tertiary/aromatic N) is 2. The number of ether oxygens (including phenoxy) is 1. The van der Waals surface area contributed by atoms with E-state index in [9.17, 15) is 10.0 Å². The van der Waals surface area contributed by atoms with Crippen LogP contribution in [0.25, 0.3) is 0 Å². The van der Waals surface area contributed by atoms with Crippen LogP contribution in [-0.2, 0) is 4.74 Å². The molecular weight excluding hydrogens is 304 g/mol. The Morgan fingerprint density at radius 1 is 1.38 bits per heavy atom. The highest BCUT2D eigenvalue weighted by atomic mass is 16.6. The smallest absolute Gasteiger partial charge is 0.410 e. The third-order valence-electron chi connectivity index (χ3n) is 4.37. The topological polar surface area (TPSA) is 55.6 Å². The van der Waals surface area contributed by atoms with Gasteiger partial charge >= 0.3 is 6.09 Å². The molecule has 1 aliphatic heterocycles. The maximum absolute atomic E-state index is 12.5. The molecule has 1 unspecified atom stereocenters. The van der Waals surface area contributed by atoms with Crippen molar-refractivity contribution in [3.8, 4) is 0 Å². The Morgan fingerprint density at radius 2 is 2.04 bits per heavy atom. The van der Waals surface area contributed by atoms with Crippen LogP contribution in [0.15, 0.2) is 30.3 Å². The molecule has 1 saturated heterocycles. The van der Waals surface area contributed by atoms with Gasteiger partial charge in [0.2, 0.25) is 5.69 Å². The number of carbonyl (C=O) groups is 1. The minimum Gasteiger partial charge on any atom is -0.618 e. The summed E-state index contributed by atoms with van der Waals surface area (Å²) in [5, 5.41) is 12.5. The van der Waals surface area contributed by atoms with Crippen LogP contribution in [0.1, 0.15) is 47.0 Å². The van der Waals surface area contributed by atoms with Crippen LogP contribution >= 0.6 is 0 Å². The molecule has 0 bridgehead atoms. The van der Waals surface area contributed by atoms with E-state index in [-0.39, 0.29) is 11.5 Å². The summed E-state index contributed by atoms with van der Waals surface area (Å²) in [5.74, 6) is 0. The quantitative estimate of drug-likeness (QED) is 0.358. The van der Waals surface area contributed by atoms with E-state index in [0.29, 0.717) is 18.8 Å². The van der Waals surface area contributed by atoms with Gasteiger partial charge in [0.1, 0.15) is 5.60 Å². The van der Waals surface area contributed by atoms with Crippen LogP contribution in [0.4, 0.5) is 10.5 Å². The molecule has 132 valence electrons. The summed E-state index contributed by atoms with van der Waals surface area (Å²) in [6.07, 6.45) is 4.00. The minimum atomic E-state index is -0.512. The van der Waals surface area contributed by atoms with Crippen molar-refractivity contribution in [3.63, 3.8) is 0 Å². The second kappa shape index (κ2) is 7.24. The standard InChI is InChI=1S/C19H28N2O3/c1-5-19(15-21(23)16-10-7-6-8-11-16)12-9-13-20(14-19)17(22)24-18(2,3)4/h6-8,10-11,15H,5,9,12-14H2,1-4H3/b21-15-. The highest BCUT2D eigenvalue weighted by Crippen LogP contribution is 2.33. The number of carbonyl (C=O) groups excluding carboxylic acids is 1. The van der Waals surface area contributed by atoms with Crippen molar-refractivity contribution in [3.05, 3.63) is 35.5 Å². The Bertz CT molecular complexity index is 592. The molecule has 1 fully saturated rings. The molecule has 1 aromatic rings. The van der Waals surface area contributed by atoms with E-state index >= 15 is 0 Å². The first-order valence-electron chi connectivity index (χ1n) is 8.60. The maximum atomic E-state index is 12.5. The first-order chi connectivity index (χ1) is 11.2. The molecule has 1 aliphatic rings. The van der Waals surface area contributed by atoms with Gasteiger partial charge in [-0.1, -0.05) is 25.1 Å². The van der Waals surface area contributed by atoms with Crippen molar-refractivity contribution < 1.29 is 14.3 Å². The van der Waals surface area contributed by atoms with Gasteiger partial charge in [0.05, 0.1) is 5.41 Å². The van der Waals surface area contributed by atoms with Gasteiger partial charge in [-0.15, -0.1) is 0 Å². The Balaban J connectivity index is 2.18. The fourth-order valence-electron chi connectivity index (χ4n) is 3.03. The summed E-state index contributed by atoms with van der Waals surface area (Å²) >= 11 is 0. The third-order valence-corrected chi connectivity index (χ3v) is 4.37. The monoisotopic (exact) mass is 332 g/mol. The van der Waals surface area contributed by atoms with E-state index in [1.165, 1.54) is 0 Å². The lowest BCUT2D eigenvalue weighted by Gasteiger charge is -2.39. The van der Waals surface area contributed by atoms with Crippen molar-refractivity contribution in [1.29, 1.82) is 0 Å². The molecule has 5 nitrogen and oxygen atoms in total. The Kier molecular flexibility index (Phi) is 5.52. The minimum absolute atomic E-state index is 0.300. The number of piperidine rings is 1. The number of rotatable bonds is 3. The zero-order valence-corrected chi connectivity index (χ0v) is 15.1. The van der Waals surface area contributed by atoms with Crippen LogP contribution in [-0.4, -0.2) is 40.6 Å². The van der Waals surface area contributed by atoms with E-state index in [0.717, 1.165) is 24.0 Å². The number of para-hydroxylation sites is 1. The van der Waals surface area contributed by atoms with E-state index < -0.39 is 5.60 Å². The van der Waals surface area contributed by atoms with Crippen molar-refractivity contribution >= 4 is 18.0 Å².